The lowest BCUT2D eigenvalue weighted by Gasteiger charge is -2.36. The second kappa shape index (κ2) is 21.8. The molecule has 12 nitrogen and oxygen atoms in total. The second-order valence-electron chi connectivity index (χ2n) is 14.6. The highest BCUT2D eigenvalue weighted by molar-refractivity contribution is 5.96. The molecule has 60 heavy (non-hydrogen) atoms. The molecule has 0 aromatic heterocycles. The summed E-state index contributed by atoms with van der Waals surface area (Å²) < 4.78 is 83.4. The first kappa shape index (κ1) is 50.1. The van der Waals surface area contributed by atoms with Gasteiger partial charge in [0.15, 0.2) is 34.9 Å². The van der Waals surface area contributed by atoms with Crippen molar-refractivity contribution in [3.63, 3.8) is 0 Å². The van der Waals surface area contributed by atoms with E-state index < -0.39 is 77.1 Å². The van der Waals surface area contributed by atoms with Gasteiger partial charge in [0.25, 0.3) is 0 Å². The monoisotopic (exact) mass is 850 g/mol. The van der Waals surface area contributed by atoms with Crippen LogP contribution in [-0.2, 0) is 9.53 Å². The van der Waals surface area contributed by atoms with E-state index in [-0.39, 0.29) is 38.1 Å². The number of allylic oxidation sites excluding steroid dienone is 1. The van der Waals surface area contributed by atoms with Crippen molar-refractivity contribution in [2.24, 2.45) is 0 Å². The third kappa shape index (κ3) is 13.0. The third-order valence-corrected chi connectivity index (χ3v) is 8.76. The summed E-state index contributed by atoms with van der Waals surface area (Å²) in [5, 5.41) is 10.5. The molecule has 2 heterocycles. The molecule has 3 atom stereocenters. The zero-order valence-corrected chi connectivity index (χ0v) is 34.0. The molecule has 0 saturated carbocycles. The largest absolute Gasteiger partial charge is 0.446 e. The number of nitrogens with one attached hydrogen (secondary N) is 4. The molecular formula is C42H52F6N6O6. The number of carbonyl (C=O) groups is 5. The zero-order chi connectivity index (χ0) is 44.5. The number of nitrogens with zero attached hydrogens (tertiary/aromatic N) is 2. The topological polar surface area (TPSA) is 149 Å². The molecule has 1 saturated heterocycles. The normalized spacial score (nSPS) is 16.5. The summed E-state index contributed by atoms with van der Waals surface area (Å²) in [7, 11) is 0. The summed E-state index contributed by atoms with van der Waals surface area (Å²) in [5.41, 5.74) is 2.35. The smallest absolute Gasteiger partial charge is 0.418 e. The van der Waals surface area contributed by atoms with Gasteiger partial charge < -0.3 is 26.0 Å². The Bertz CT molecular complexity index is 2080. The number of halogens is 6. The SMILES string of the molecule is C.CC(C)NC(=O)C(C)c1ccc(F)c(F)c1.CC(C)NC(=O)N1C(=O)OC[C@@H]1c1ccc(F)c(F)c1.CC1=C(C)[C@H](c2ccc(F)c(F)c2)N(C(=O)NC(C)C)C(=O)N1. The van der Waals surface area contributed by atoms with Crippen molar-refractivity contribution in [2.75, 3.05) is 6.61 Å². The van der Waals surface area contributed by atoms with Crippen LogP contribution in [0.3, 0.4) is 0 Å². The van der Waals surface area contributed by atoms with E-state index in [0.717, 1.165) is 46.2 Å². The zero-order valence-electron chi connectivity index (χ0n) is 34.0. The van der Waals surface area contributed by atoms with Gasteiger partial charge in [-0.2, -0.15) is 0 Å². The van der Waals surface area contributed by atoms with E-state index in [0.29, 0.717) is 28.0 Å². The first-order valence-electron chi connectivity index (χ1n) is 18.5. The average molecular weight is 851 g/mol. The molecule has 1 unspecified atom stereocenters. The van der Waals surface area contributed by atoms with Crippen molar-refractivity contribution in [1.29, 1.82) is 0 Å². The Balaban J connectivity index is 0.000000313. The molecular weight excluding hydrogens is 798 g/mol. The Morgan fingerprint density at radius 2 is 1.10 bits per heavy atom. The van der Waals surface area contributed by atoms with Crippen LogP contribution in [-0.4, -0.2) is 64.6 Å². The number of hydrogen-bond donors (Lipinski definition) is 4. The lowest BCUT2D eigenvalue weighted by Crippen LogP contribution is -2.54. The fraction of sp³-hybridized carbons (Fsp3) is 0.405. The molecule has 0 aliphatic carbocycles. The number of benzene rings is 3. The maximum absolute atomic E-state index is 13.6. The van der Waals surface area contributed by atoms with E-state index in [2.05, 4.69) is 21.3 Å². The Hall–Kier alpha value is -6.07. The summed E-state index contributed by atoms with van der Waals surface area (Å²) in [5.74, 6) is -6.54. The molecule has 0 radical (unpaired) electrons. The van der Waals surface area contributed by atoms with Gasteiger partial charge in [-0.15, -0.1) is 0 Å². The second-order valence-corrected chi connectivity index (χ2v) is 14.6. The molecule has 4 N–H and O–H groups in total. The van der Waals surface area contributed by atoms with Gasteiger partial charge in [-0.05, 0) is 121 Å². The number of cyclic esters (lactones) is 1. The van der Waals surface area contributed by atoms with Crippen molar-refractivity contribution >= 4 is 30.1 Å². The van der Waals surface area contributed by atoms with E-state index in [1.54, 1.807) is 48.5 Å². The van der Waals surface area contributed by atoms with Crippen molar-refractivity contribution in [3.05, 3.63) is 117 Å². The summed E-state index contributed by atoms with van der Waals surface area (Å²) in [6.07, 6.45) is -0.808. The maximum Gasteiger partial charge on any atom is 0.418 e. The Morgan fingerprint density at radius 1 is 0.650 bits per heavy atom. The predicted molar refractivity (Wildman–Crippen MR) is 212 cm³/mol. The van der Waals surface area contributed by atoms with E-state index in [9.17, 15) is 50.3 Å². The van der Waals surface area contributed by atoms with Crippen molar-refractivity contribution in [3.8, 4) is 0 Å². The van der Waals surface area contributed by atoms with Crippen LogP contribution in [0.5, 0.6) is 0 Å². The summed E-state index contributed by atoms with van der Waals surface area (Å²) in [6.45, 7) is 15.7. The minimum Gasteiger partial charge on any atom is -0.446 e. The fourth-order valence-electron chi connectivity index (χ4n) is 5.71. The standard InChI is InChI=1S/C16H19F2N3O2.C13H14F2N2O3.C12H15F2NO.CH4/c1-8(2)19-15(22)21-14(9(3)10(4)20-16(21)23)11-5-6-12(17)13(18)7-11;1-7(2)16-12(18)17-11(6-20-13(17)19)8-3-4-9(14)10(15)5-8;1-7(2)15-12(16)8(3)9-4-5-10(13)11(14)6-9;/h5-8,14H,1-4H3,(H,19,22)(H,20,23);3-5,7,11H,6H2,1-2H3,(H,16,18);4-8H,1-3H3,(H,15,16);1H4/t14-;11-;;/m11../s1. The van der Waals surface area contributed by atoms with E-state index in [1.807, 2.05) is 13.8 Å². The average Bonchev–Trinajstić information content (AvgIpc) is 3.53. The highest BCUT2D eigenvalue weighted by Gasteiger charge is 2.40. The van der Waals surface area contributed by atoms with Gasteiger partial charge in [-0.3, -0.25) is 4.79 Å². The third-order valence-electron chi connectivity index (χ3n) is 8.76. The van der Waals surface area contributed by atoms with Crippen molar-refractivity contribution in [1.82, 2.24) is 31.1 Å². The lowest BCUT2D eigenvalue weighted by atomic mass is 9.95. The fourth-order valence-corrected chi connectivity index (χ4v) is 5.71. The number of rotatable bonds is 7. The van der Waals surface area contributed by atoms with Crippen LogP contribution >= 0.6 is 0 Å². The quantitative estimate of drug-likeness (QED) is 0.174. The predicted octanol–water partition coefficient (Wildman–Crippen LogP) is 9.25. The van der Waals surface area contributed by atoms with Crippen molar-refractivity contribution < 1.29 is 55.1 Å². The number of amides is 8. The molecule has 18 heteroatoms. The summed E-state index contributed by atoms with van der Waals surface area (Å²) in [6, 6.07) is 6.38. The molecule has 2 aliphatic rings. The minimum atomic E-state index is -1.04. The Kier molecular flexibility index (Phi) is 18.2. The van der Waals surface area contributed by atoms with E-state index >= 15 is 0 Å². The molecule has 8 amide bonds. The summed E-state index contributed by atoms with van der Waals surface area (Å²) in [4.78, 5) is 61.7. The molecule has 0 bridgehead atoms. The van der Waals surface area contributed by atoms with Crippen LogP contribution in [0.25, 0.3) is 0 Å². The van der Waals surface area contributed by atoms with Crippen LogP contribution in [0.4, 0.5) is 45.5 Å². The molecule has 3 aromatic rings. The van der Waals surface area contributed by atoms with Gasteiger partial charge in [0, 0.05) is 23.8 Å². The number of hydrogen-bond acceptors (Lipinski definition) is 6. The summed E-state index contributed by atoms with van der Waals surface area (Å²) >= 11 is 0. The molecule has 328 valence electrons. The maximum atomic E-state index is 13.6. The number of ether oxygens (including phenoxy) is 1. The van der Waals surface area contributed by atoms with Gasteiger partial charge in [-0.1, -0.05) is 25.6 Å². The highest BCUT2D eigenvalue weighted by Crippen LogP contribution is 2.34. The minimum absolute atomic E-state index is 0. The molecule has 5 rings (SSSR count). The van der Waals surface area contributed by atoms with Gasteiger partial charge in [-0.25, -0.2) is 55.3 Å². The highest BCUT2D eigenvalue weighted by atomic mass is 19.2. The van der Waals surface area contributed by atoms with E-state index in [4.69, 9.17) is 4.74 Å². The van der Waals surface area contributed by atoms with Gasteiger partial charge >= 0.3 is 24.2 Å². The van der Waals surface area contributed by atoms with Gasteiger partial charge in [0.05, 0.1) is 12.0 Å². The van der Waals surface area contributed by atoms with Gasteiger partial charge in [0.2, 0.25) is 5.91 Å². The van der Waals surface area contributed by atoms with Crippen LogP contribution in [0, 0.1) is 34.9 Å². The van der Waals surface area contributed by atoms with Crippen LogP contribution in [0.1, 0.15) is 104 Å². The van der Waals surface area contributed by atoms with E-state index in [1.165, 1.54) is 18.2 Å². The van der Waals surface area contributed by atoms with Crippen LogP contribution < -0.4 is 21.3 Å². The number of urea groups is 3. The number of carbonyl (C=O) groups excluding carboxylic acids is 5. The van der Waals surface area contributed by atoms with Crippen molar-refractivity contribution in [2.45, 2.75) is 106 Å². The first-order chi connectivity index (χ1) is 27.5. The Labute approximate surface area is 345 Å². The van der Waals surface area contributed by atoms with Crippen LogP contribution in [0.15, 0.2) is 65.9 Å². The number of imide groups is 2. The molecule has 0 spiro atoms. The molecule has 1 fully saturated rings. The van der Waals surface area contributed by atoms with Crippen LogP contribution in [0.2, 0.25) is 0 Å². The Morgan fingerprint density at radius 3 is 1.58 bits per heavy atom. The first-order valence-corrected chi connectivity index (χ1v) is 18.5. The molecule has 3 aromatic carbocycles. The molecule has 2 aliphatic heterocycles. The van der Waals surface area contributed by atoms with Gasteiger partial charge in [0.1, 0.15) is 12.6 Å². The lowest BCUT2D eigenvalue weighted by molar-refractivity contribution is -0.122.